The number of carbonyl (C=O) groups is 1. The van der Waals surface area contributed by atoms with Gasteiger partial charge in [0.25, 0.3) is 0 Å². The number of hydrogen-bond acceptors (Lipinski definition) is 3. The van der Waals surface area contributed by atoms with Crippen LogP contribution in [0, 0.1) is 5.92 Å². The lowest BCUT2D eigenvalue weighted by Crippen LogP contribution is -2.42. The molecule has 0 saturated carbocycles. The number of aliphatic imine (C=N–C) groups is 1. The Morgan fingerprint density at radius 3 is 2.74 bits per heavy atom. The van der Waals surface area contributed by atoms with E-state index in [-0.39, 0.29) is 0 Å². The van der Waals surface area contributed by atoms with Gasteiger partial charge in [-0.3, -0.25) is 4.79 Å². The molecule has 1 fully saturated rings. The summed E-state index contributed by atoms with van der Waals surface area (Å²) < 4.78 is 0. The first kappa shape index (κ1) is 17.3. The van der Waals surface area contributed by atoms with Crippen molar-refractivity contribution in [3.63, 3.8) is 0 Å². The van der Waals surface area contributed by atoms with Crippen LogP contribution in [0.4, 0.5) is 5.69 Å². The Morgan fingerprint density at radius 2 is 2.13 bits per heavy atom. The summed E-state index contributed by atoms with van der Waals surface area (Å²) in [6, 6.07) is 7.87. The zero-order valence-electron chi connectivity index (χ0n) is 14.2. The summed E-state index contributed by atoms with van der Waals surface area (Å²) in [6.45, 7) is 4.12. The number of anilines is 1. The first-order valence-electron chi connectivity index (χ1n) is 8.01. The summed E-state index contributed by atoms with van der Waals surface area (Å²) in [5.41, 5.74) is 7.56. The molecular weight excluding hydrogens is 290 g/mol. The van der Waals surface area contributed by atoms with Gasteiger partial charge in [-0.1, -0.05) is 12.1 Å². The van der Waals surface area contributed by atoms with Crippen LogP contribution in [0.15, 0.2) is 29.3 Å². The van der Waals surface area contributed by atoms with Gasteiger partial charge in [-0.2, -0.15) is 0 Å². The quantitative estimate of drug-likeness (QED) is 0.435. The lowest BCUT2D eigenvalue weighted by molar-refractivity contribution is -0.105. The number of benzene rings is 1. The van der Waals surface area contributed by atoms with Crippen molar-refractivity contribution in [1.82, 2.24) is 10.2 Å². The van der Waals surface area contributed by atoms with Crippen LogP contribution in [-0.4, -0.2) is 44.5 Å². The van der Waals surface area contributed by atoms with Crippen molar-refractivity contribution in [2.45, 2.75) is 25.3 Å². The van der Waals surface area contributed by atoms with Gasteiger partial charge in [0.2, 0.25) is 6.41 Å². The highest BCUT2D eigenvalue weighted by molar-refractivity contribution is 5.78. The van der Waals surface area contributed by atoms with Gasteiger partial charge in [0, 0.05) is 19.8 Å². The molecule has 0 aromatic heterocycles. The first-order valence-corrected chi connectivity index (χ1v) is 8.01. The number of nitrogens with zero attached hydrogens (tertiary/aromatic N) is 2. The van der Waals surface area contributed by atoms with E-state index in [1.54, 1.807) is 0 Å². The zero-order valence-corrected chi connectivity index (χ0v) is 14.2. The molecule has 4 N–H and O–H groups in total. The Labute approximate surface area is 138 Å². The summed E-state index contributed by atoms with van der Waals surface area (Å²) in [5, 5.41) is 6.11. The van der Waals surface area contributed by atoms with Crippen LogP contribution in [0.5, 0.6) is 0 Å². The molecule has 1 unspecified atom stereocenters. The smallest absolute Gasteiger partial charge is 0.211 e. The average Bonchev–Trinajstić information content (AvgIpc) is 2.56. The summed E-state index contributed by atoms with van der Waals surface area (Å²) >= 11 is 0. The number of nitrogens with two attached hydrogens (primary N) is 1. The average molecular weight is 317 g/mol. The number of piperidine rings is 1. The third kappa shape index (κ3) is 4.01. The SMILES string of the molecule is CN(C)C(N)=NC(C)(c1cccc(NC=O)c1)C1CCNCC1. The molecule has 1 heterocycles. The normalized spacial score (nSPS) is 19.0. The third-order valence-electron chi connectivity index (χ3n) is 4.61. The van der Waals surface area contributed by atoms with Crippen molar-refractivity contribution in [1.29, 1.82) is 0 Å². The lowest BCUT2D eigenvalue weighted by Gasteiger charge is -2.38. The van der Waals surface area contributed by atoms with Gasteiger partial charge >= 0.3 is 0 Å². The molecule has 6 heteroatoms. The van der Waals surface area contributed by atoms with Crippen LogP contribution in [0.2, 0.25) is 0 Å². The van der Waals surface area contributed by atoms with E-state index in [0.717, 1.165) is 37.2 Å². The van der Waals surface area contributed by atoms with Gasteiger partial charge in [-0.25, -0.2) is 4.99 Å². The van der Waals surface area contributed by atoms with Gasteiger partial charge < -0.3 is 21.3 Å². The predicted molar refractivity (Wildman–Crippen MR) is 94.4 cm³/mol. The van der Waals surface area contributed by atoms with Crippen LogP contribution in [0.25, 0.3) is 0 Å². The number of amides is 1. The Bertz CT molecular complexity index is 566. The zero-order chi connectivity index (χ0) is 16.9. The Balaban J connectivity index is 2.45. The lowest BCUT2D eigenvalue weighted by atomic mass is 9.75. The molecule has 2 rings (SSSR count). The highest BCUT2D eigenvalue weighted by Crippen LogP contribution is 2.39. The van der Waals surface area contributed by atoms with E-state index in [4.69, 9.17) is 10.7 Å². The maximum atomic E-state index is 10.7. The molecule has 126 valence electrons. The van der Waals surface area contributed by atoms with Crippen molar-refractivity contribution in [2.24, 2.45) is 16.6 Å². The number of guanidine groups is 1. The van der Waals surface area contributed by atoms with Crippen LogP contribution in [-0.2, 0) is 10.3 Å². The van der Waals surface area contributed by atoms with Crippen molar-refractivity contribution >= 4 is 18.1 Å². The molecule has 0 bridgehead atoms. The maximum Gasteiger partial charge on any atom is 0.211 e. The summed E-state index contributed by atoms with van der Waals surface area (Å²) in [4.78, 5) is 17.4. The minimum absolute atomic E-state index is 0.397. The van der Waals surface area contributed by atoms with Crippen molar-refractivity contribution in [3.05, 3.63) is 29.8 Å². The van der Waals surface area contributed by atoms with E-state index in [0.29, 0.717) is 18.3 Å². The minimum atomic E-state index is -0.420. The molecule has 1 aromatic rings. The predicted octanol–water partition coefficient (Wildman–Crippen LogP) is 1.35. The molecule has 1 aromatic carbocycles. The molecule has 1 amide bonds. The second-order valence-electron chi connectivity index (χ2n) is 6.38. The summed E-state index contributed by atoms with van der Waals surface area (Å²) in [7, 11) is 3.79. The van der Waals surface area contributed by atoms with Gasteiger partial charge in [-0.15, -0.1) is 0 Å². The number of carbonyl (C=O) groups excluding carboxylic acids is 1. The molecule has 1 aliphatic heterocycles. The summed E-state index contributed by atoms with van der Waals surface area (Å²) in [5.74, 6) is 0.911. The van der Waals surface area contributed by atoms with E-state index < -0.39 is 5.54 Å². The fourth-order valence-corrected chi connectivity index (χ4v) is 3.11. The number of nitrogens with one attached hydrogen (secondary N) is 2. The third-order valence-corrected chi connectivity index (χ3v) is 4.61. The van der Waals surface area contributed by atoms with Gasteiger partial charge in [0.05, 0.1) is 5.54 Å². The molecule has 23 heavy (non-hydrogen) atoms. The Morgan fingerprint density at radius 1 is 1.43 bits per heavy atom. The number of hydrogen-bond donors (Lipinski definition) is 3. The molecule has 1 aliphatic rings. The fourth-order valence-electron chi connectivity index (χ4n) is 3.11. The number of rotatable bonds is 5. The topological polar surface area (TPSA) is 82.8 Å². The van der Waals surface area contributed by atoms with E-state index in [2.05, 4.69) is 23.6 Å². The van der Waals surface area contributed by atoms with E-state index >= 15 is 0 Å². The molecule has 1 atom stereocenters. The van der Waals surface area contributed by atoms with Crippen LogP contribution >= 0.6 is 0 Å². The van der Waals surface area contributed by atoms with E-state index in [1.165, 1.54) is 0 Å². The van der Waals surface area contributed by atoms with Crippen molar-refractivity contribution in [3.8, 4) is 0 Å². The van der Waals surface area contributed by atoms with Crippen LogP contribution in [0.1, 0.15) is 25.3 Å². The molecule has 0 aliphatic carbocycles. The molecule has 6 nitrogen and oxygen atoms in total. The molecule has 0 spiro atoms. The Hall–Kier alpha value is -2.08. The van der Waals surface area contributed by atoms with Gasteiger partial charge in [0.1, 0.15) is 0 Å². The van der Waals surface area contributed by atoms with Gasteiger partial charge in [-0.05, 0) is 56.5 Å². The fraction of sp³-hybridized carbons (Fsp3) is 0.529. The first-order chi connectivity index (χ1) is 11.0. The monoisotopic (exact) mass is 317 g/mol. The highest BCUT2D eigenvalue weighted by Gasteiger charge is 2.37. The molecule has 0 radical (unpaired) electrons. The van der Waals surface area contributed by atoms with E-state index in [9.17, 15) is 4.79 Å². The molecular formula is C17H27N5O. The van der Waals surface area contributed by atoms with Crippen LogP contribution in [0.3, 0.4) is 0 Å². The van der Waals surface area contributed by atoms with Crippen LogP contribution < -0.4 is 16.4 Å². The molecule has 1 saturated heterocycles. The largest absolute Gasteiger partial charge is 0.370 e. The summed E-state index contributed by atoms with van der Waals surface area (Å²) in [6.07, 6.45) is 2.79. The Kier molecular flexibility index (Phi) is 5.60. The van der Waals surface area contributed by atoms with Gasteiger partial charge in [0.15, 0.2) is 5.96 Å². The minimum Gasteiger partial charge on any atom is -0.370 e. The van der Waals surface area contributed by atoms with Crippen molar-refractivity contribution < 1.29 is 4.79 Å². The van der Waals surface area contributed by atoms with Crippen molar-refractivity contribution in [2.75, 3.05) is 32.5 Å². The second-order valence-corrected chi connectivity index (χ2v) is 6.38. The maximum absolute atomic E-state index is 10.7. The highest BCUT2D eigenvalue weighted by atomic mass is 16.1. The second kappa shape index (κ2) is 7.46. The van der Waals surface area contributed by atoms with E-state index in [1.807, 2.05) is 37.2 Å². The standard InChI is InChI=1S/C17H27N5O/c1-17(21-16(18)22(2)3,13-7-9-19-10-8-13)14-5-4-6-15(11-14)20-12-23/h4-6,11-13,19H,7-10H2,1-3H3,(H2,18,21)(H,20,23).